The van der Waals surface area contributed by atoms with Gasteiger partial charge in [0.25, 0.3) is 0 Å². The van der Waals surface area contributed by atoms with Crippen molar-refractivity contribution < 1.29 is 0 Å². The molecular weight excluding hydrogens is 232 g/mol. The van der Waals surface area contributed by atoms with Crippen LogP contribution in [0.3, 0.4) is 0 Å². The molecule has 2 heteroatoms. The highest BCUT2D eigenvalue weighted by Gasteiger charge is 2.33. The maximum atomic E-state index is 3.69. The number of benzene rings is 1. The van der Waals surface area contributed by atoms with Crippen LogP contribution >= 0.6 is 0 Å². The lowest BCUT2D eigenvalue weighted by Gasteiger charge is -2.46. The molecule has 1 aliphatic rings. The van der Waals surface area contributed by atoms with Crippen molar-refractivity contribution in [3.05, 3.63) is 35.4 Å². The van der Waals surface area contributed by atoms with Gasteiger partial charge in [-0.1, -0.05) is 43.2 Å². The topological polar surface area (TPSA) is 15.3 Å². The summed E-state index contributed by atoms with van der Waals surface area (Å²) in [6.45, 7) is 12.4. The SMILES string of the molecule is CCCC1CN(Cc2ccc(C)cc2)C(C)(C)CN1. The fourth-order valence-electron chi connectivity index (χ4n) is 2.82. The molecule has 1 N–H and O–H groups in total. The second-order valence-electron chi connectivity index (χ2n) is 6.55. The van der Waals surface area contributed by atoms with E-state index in [1.165, 1.54) is 24.0 Å². The van der Waals surface area contributed by atoms with Gasteiger partial charge < -0.3 is 5.32 Å². The summed E-state index contributed by atoms with van der Waals surface area (Å²) in [5.41, 5.74) is 3.01. The third-order valence-electron chi connectivity index (χ3n) is 4.25. The highest BCUT2D eigenvalue weighted by atomic mass is 15.3. The van der Waals surface area contributed by atoms with Crippen molar-refractivity contribution in [1.29, 1.82) is 0 Å². The largest absolute Gasteiger partial charge is 0.311 e. The molecule has 1 saturated heterocycles. The number of hydrogen-bond donors (Lipinski definition) is 1. The van der Waals surface area contributed by atoms with Gasteiger partial charge in [-0.25, -0.2) is 0 Å². The first-order valence-corrected chi connectivity index (χ1v) is 7.55. The molecule has 1 aliphatic heterocycles. The summed E-state index contributed by atoms with van der Waals surface area (Å²) in [7, 11) is 0. The number of hydrogen-bond acceptors (Lipinski definition) is 2. The Bertz CT molecular complexity index is 394. The van der Waals surface area contributed by atoms with Crippen LogP contribution in [0.2, 0.25) is 0 Å². The van der Waals surface area contributed by atoms with Gasteiger partial charge in [-0.05, 0) is 32.8 Å². The molecule has 0 aliphatic carbocycles. The van der Waals surface area contributed by atoms with Crippen molar-refractivity contribution in [2.45, 2.75) is 58.7 Å². The molecule has 0 saturated carbocycles. The average Bonchev–Trinajstić information content (AvgIpc) is 2.37. The van der Waals surface area contributed by atoms with E-state index >= 15 is 0 Å². The van der Waals surface area contributed by atoms with Crippen molar-refractivity contribution in [1.82, 2.24) is 10.2 Å². The van der Waals surface area contributed by atoms with Gasteiger partial charge in [0, 0.05) is 31.2 Å². The van der Waals surface area contributed by atoms with Crippen molar-refractivity contribution in [3.8, 4) is 0 Å². The van der Waals surface area contributed by atoms with Crippen molar-refractivity contribution in [2.24, 2.45) is 0 Å². The Balaban J connectivity index is 2.04. The maximum absolute atomic E-state index is 3.69. The van der Waals surface area contributed by atoms with Gasteiger partial charge in [-0.15, -0.1) is 0 Å². The molecule has 1 atom stereocenters. The van der Waals surface area contributed by atoms with E-state index in [0.717, 1.165) is 19.6 Å². The summed E-state index contributed by atoms with van der Waals surface area (Å²) < 4.78 is 0. The molecule has 0 aromatic heterocycles. The van der Waals surface area contributed by atoms with Crippen molar-refractivity contribution in [2.75, 3.05) is 13.1 Å². The predicted molar refractivity (Wildman–Crippen MR) is 82.4 cm³/mol. The molecular formula is C17H28N2. The summed E-state index contributed by atoms with van der Waals surface area (Å²) in [6.07, 6.45) is 2.54. The zero-order valence-electron chi connectivity index (χ0n) is 12.9. The normalized spacial score (nSPS) is 23.5. The monoisotopic (exact) mass is 260 g/mol. The summed E-state index contributed by atoms with van der Waals surface area (Å²) in [5, 5.41) is 3.69. The van der Waals surface area contributed by atoms with Gasteiger partial charge in [-0.3, -0.25) is 4.90 Å². The Labute approximate surface area is 118 Å². The summed E-state index contributed by atoms with van der Waals surface area (Å²) >= 11 is 0. The fourth-order valence-corrected chi connectivity index (χ4v) is 2.82. The highest BCUT2D eigenvalue weighted by molar-refractivity contribution is 5.21. The minimum atomic E-state index is 0.245. The van der Waals surface area contributed by atoms with Crippen LogP contribution in [0.25, 0.3) is 0 Å². The summed E-state index contributed by atoms with van der Waals surface area (Å²) in [6, 6.07) is 9.62. The van der Waals surface area contributed by atoms with Gasteiger partial charge in [-0.2, -0.15) is 0 Å². The average molecular weight is 260 g/mol. The standard InChI is InChI=1S/C17H28N2/c1-5-6-16-12-19(17(3,4)13-18-16)11-15-9-7-14(2)8-10-15/h7-10,16,18H,5-6,11-13H2,1-4H3. The Morgan fingerprint density at radius 3 is 2.58 bits per heavy atom. The van der Waals surface area contributed by atoms with E-state index in [-0.39, 0.29) is 5.54 Å². The van der Waals surface area contributed by atoms with Crippen LogP contribution in [0.4, 0.5) is 0 Å². The van der Waals surface area contributed by atoms with Gasteiger partial charge >= 0.3 is 0 Å². The van der Waals surface area contributed by atoms with Crippen molar-refractivity contribution >= 4 is 0 Å². The Hall–Kier alpha value is -0.860. The maximum Gasteiger partial charge on any atom is 0.0281 e. The van der Waals surface area contributed by atoms with Crippen LogP contribution in [0.5, 0.6) is 0 Å². The van der Waals surface area contributed by atoms with Gasteiger partial charge in [0.1, 0.15) is 0 Å². The number of nitrogens with one attached hydrogen (secondary N) is 1. The third kappa shape index (κ3) is 3.80. The lowest BCUT2D eigenvalue weighted by molar-refractivity contribution is 0.0564. The molecule has 1 aromatic carbocycles. The van der Waals surface area contributed by atoms with Crippen LogP contribution in [0.1, 0.15) is 44.7 Å². The van der Waals surface area contributed by atoms with Gasteiger partial charge in [0.15, 0.2) is 0 Å². The van der Waals surface area contributed by atoms with Crippen LogP contribution in [0, 0.1) is 6.92 Å². The van der Waals surface area contributed by atoms with E-state index in [9.17, 15) is 0 Å². The molecule has 19 heavy (non-hydrogen) atoms. The van der Waals surface area contributed by atoms with Crippen LogP contribution < -0.4 is 5.32 Å². The molecule has 1 heterocycles. The van der Waals surface area contributed by atoms with Gasteiger partial charge in [0.05, 0.1) is 0 Å². The zero-order valence-corrected chi connectivity index (χ0v) is 12.9. The quantitative estimate of drug-likeness (QED) is 0.893. The molecule has 106 valence electrons. The molecule has 1 fully saturated rings. The Morgan fingerprint density at radius 1 is 1.26 bits per heavy atom. The summed E-state index contributed by atoms with van der Waals surface area (Å²) in [5.74, 6) is 0. The molecule has 0 bridgehead atoms. The van der Waals surface area contributed by atoms with E-state index in [1.54, 1.807) is 0 Å². The van der Waals surface area contributed by atoms with E-state index in [0.29, 0.717) is 6.04 Å². The molecule has 0 radical (unpaired) electrons. The minimum Gasteiger partial charge on any atom is -0.311 e. The Morgan fingerprint density at radius 2 is 1.95 bits per heavy atom. The van der Waals surface area contributed by atoms with Gasteiger partial charge in [0.2, 0.25) is 0 Å². The molecule has 1 unspecified atom stereocenters. The minimum absolute atomic E-state index is 0.245. The fraction of sp³-hybridized carbons (Fsp3) is 0.647. The molecule has 2 nitrogen and oxygen atoms in total. The third-order valence-corrected chi connectivity index (χ3v) is 4.25. The van der Waals surface area contributed by atoms with E-state index in [1.807, 2.05) is 0 Å². The Kier molecular flexibility index (Phi) is 4.64. The second kappa shape index (κ2) is 6.06. The van der Waals surface area contributed by atoms with Crippen LogP contribution in [-0.2, 0) is 6.54 Å². The number of aryl methyl sites for hydroxylation is 1. The summed E-state index contributed by atoms with van der Waals surface area (Å²) in [4.78, 5) is 2.63. The van der Waals surface area contributed by atoms with Crippen LogP contribution in [-0.4, -0.2) is 29.6 Å². The lowest BCUT2D eigenvalue weighted by atomic mass is 9.95. The molecule has 2 rings (SSSR count). The molecule has 0 spiro atoms. The molecule has 1 aromatic rings. The zero-order chi connectivity index (χ0) is 13.9. The second-order valence-corrected chi connectivity index (χ2v) is 6.55. The molecule has 0 amide bonds. The first-order chi connectivity index (χ1) is 9.01. The van der Waals surface area contributed by atoms with E-state index < -0.39 is 0 Å². The first kappa shape index (κ1) is 14.5. The number of nitrogens with zero attached hydrogens (tertiary/aromatic N) is 1. The lowest BCUT2D eigenvalue weighted by Crippen LogP contribution is -2.61. The van der Waals surface area contributed by atoms with E-state index in [2.05, 4.69) is 62.2 Å². The number of piperazine rings is 1. The highest BCUT2D eigenvalue weighted by Crippen LogP contribution is 2.22. The predicted octanol–water partition coefficient (Wildman–Crippen LogP) is 3.35. The smallest absolute Gasteiger partial charge is 0.0281 e. The first-order valence-electron chi connectivity index (χ1n) is 7.55. The van der Waals surface area contributed by atoms with Crippen molar-refractivity contribution in [3.63, 3.8) is 0 Å². The van der Waals surface area contributed by atoms with Crippen LogP contribution in [0.15, 0.2) is 24.3 Å². The number of rotatable bonds is 4. The van der Waals surface area contributed by atoms with E-state index in [4.69, 9.17) is 0 Å².